The Morgan fingerprint density at radius 3 is 2.49 bits per heavy atom. The number of fused-ring (bicyclic) bond motifs is 5. The van der Waals surface area contributed by atoms with Gasteiger partial charge in [-0.25, -0.2) is 0 Å². The third-order valence-corrected chi connectivity index (χ3v) is 12.1. The van der Waals surface area contributed by atoms with E-state index >= 15 is 0 Å². The smallest absolute Gasteiger partial charge is 0.255 e. The first kappa shape index (κ1) is 34.8. The summed E-state index contributed by atoms with van der Waals surface area (Å²) < 4.78 is 0. The van der Waals surface area contributed by atoms with Gasteiger partial charge in [-0.05, 0) is 91.2 Å². The summed E-state index contributed by atoms with van der Waals surface area (Å²) in [7, 11) is 0. The number of anilines is 1. The topological polar surface area (TPSA) is 130 Å². The lowest BCUT2D eigenvalue weighted by atomic mass is 9.70. The highest BCUT2D eigenvalue weighted by atomic mass is 16.2. The lowest BCUT2D eigenvalue weighted by Gasteiger charge is -2.39. The summed E-state index contributed by atoms with van der Waals surface area (Å²) in [4.78, 5) is 61.6. The summed E-state index contributed by atoms with van der Waals surface area (Å²) in [6, 6.07) is 17.4. The minimum Gasteiger partial charge on any atom is -0.369 e. The van der Waals surface area contributed by atoms with Gasteiger partial charge in [-0.15, -0.1) is 0 Å². The molecule has 10 heteroatoms. The lowest BCUT2D eigenvalue weighted by Crippen LogP contribution is -2.52. The zero-order valence-electron chi connectivity index (χ0n) is 30.8. The van der Waals surface area contributed by atoms with Gasteiger partial charge in [-0.1, -0.05) is 45.4 Å². The number of nitriles is 1. The molecule has 2 fully saturated rings. The van der Waals surface area contributed by atoms with Crippen LogP contribution >= 0.6 is 0 Å². The summed E-state index contributed by atoms with van der Waals surface area (Å²) in [6.45, 7) is 11.8. The number of rotatable bonds is 9. The summed E-state index contributed by atoms with van der Waals surface area (Å²) in [6.07, 6.45) is 5.60. The van der Waals surface area contributed by atoms with Gasteiger partial charge >= 0.3 is 0 Å². The Bertz CT molecular complexity index is 2220. The van der Waals surface area contributed by atoms with Gasteiger partial charge in [0.15, 0.2) is 5.78 Å². The normalized spacial score (nSPS) is 19.6. The van der Waals surface area contributed by atoms with E-state index < -0.39 is 11.5 Å². The zero-order chi connectivity index (χ0) is 37.0. The maximum atomic E-state index is 14.1. The number of aryl methyl sites for hydroxylation is 2. The van der Waals surface area contributed by atoms with Gasteiger partial charge in [-0.3, -0.25) is 29.4 Å². The molecule has 4 aliphatic rings. The monoisotopic (exact) mass is 710 g/mol. The van der Waals surface area contributed by atoms with Crippen LogP contribution in [0.25, 0.3) is 10.9 Å². The molecule has 1 aliphatic carbocycles. The molecule has 2 saturated heterocycles. The lowest BCUT2D eigenvalue weighted by molar-refractivity contribution is -0.136. The molecule has 0 saturated carbocycles. The third kappa shape index (κ3) is 6.01. The number of carbonyl (C=O) groups is 4. The Labute approximate surface area is 310 Å². The molecule has 8 rings (SSSR count). The minimum absolute atomic E-state index is 0.0516. The number of benzene rings is 3. The van der Waals surface area contributed by atoms with Gasteiger partial charge in [0.1, 0.15) is 6.04 Å². The molecule has 272 valence electrons. The number of aromatic nitrogens is 1. The van der Waals surface area contributed by atoms with Crippen molar-refractivity contribution in [1.29, 1.82) is 5.26 Å². The van der Waals surface area contributed by atoms with Crippen LogP contribution in [-0.4, -0.2) is 77.1 Å². The summed E-state index contributed by atoms with van der Waals surface area (Å²) in [5.41, 5.74) is 9.78. The predicted molar refractivity (Wildman–Crippen MR) is 203 cm³/mol. The molecule has 3 amide bonds. The highest BCUT2D eigenvalue weighted by Gasteiger charge is 2.41. The maximum absolute atomic E-state index is 14.1. The molecule has 4 heterocycles. The van der Waals surface area contributed by atoms with E-state index in [2.05, 4.69) is 65.1 Å². The number of hydrogen-bond acceptors (Lipinski definition) is 7. The van der Waals surface area contributed by atoms with Crippen LogP contribution in [0.1, 0.15) is 113 Å². The number of imide groups is 1. The Morgan fingerprint density at radius 1 is 0.925 bits per heavy atom. The maximum Gasteiger partial charge on any atom is 0.255 e. The van der Waals surface area contributed by atoms with Crippen LogP contribution in [-0.2, 0) is 34.4 Å². The van der Waals surface area contributed by atoms with Crippen LogP contribution in [0.4, 0.5) is 5.69 Å². The van der Waals surface area contributed by atoms with Crippen molar-refractivity contribution >= 4 is 40.1 Å². The highest BCUT2D eigenvalue weighted by Crippen LogP contribution is 2.46. The quantitative estimate of drug-likeness (QED) is 0.167. The number of nitrogens with one attached hydrogen (secondary N) is 2. The molecular weight excluding hydrogens is 665 g/mol. The van der Waals surface area contributed by atoms with Gasteiger partial charge in [0.2, 0.25) is 11.8 Å². The molecule has 3 aliphatic heterocycles. The van der Waals surface area contributed by atoms with Crippen molar-refractivity contribution in [3.8, 4) is 6.07 Å². The number of carbonyl (C=O) groups excluding carboxylic acids is 4. The Balaban J connectivity index is 0.873. The molecule has 1 aromatic heterocycles. The molecule has 0 spiro atoms. The van der Waals surface area contributed by atoms with Crippen LogP contribution in [0.15, 0.2) is 48.5 Å². The van der Waals surface area contributed by atoms with Gasteiger partial charge in [0, 0.05) is 78.0 Å². The molecular formula is C43H46N6O4. The molecule has 53 heavy (non-hydrogen) atoms. The number of ketones is 1. The fourth-order valence-corrected chi connectivity index (χ4v) is 9.08. The highest BCUT2D eigenvalue weighted by molar-refractivity contribution is 6.20. The molecule has 0 radical (unpaired) electrons. The fraction of sp³-hybridized carbons (Fsp3) is 0.419. The van der Waals surface area contributed by atoms with Gasteiger partial charge < -0.3 is 14.8 Å². The van der Waals surface area contributed by atoms with Crippen molar-refractivity contribution in [2.45, 2.75) is 83.7 Å². The van der Waals surface area contributed by atoms with Crippen LogP contribution in [0, 0.1) is 11.3 Å². The standard InChI is InChI=1S/C43H46N6O4/c1-4-27-22-31-33(43(2,3)40-38(39(31)51)30-13-12-26(24-44)21-34(30)45-40)23-36(27)48-19-17-47(18-20-48)16-7-5-6-9-28-10-8-11-29-32(28)25-49(42(29)53)35-14-15-37(50)46-41(35)52/h8,10-13,21-23,35,45H,4-7,9,14-20,25H2,1-3H3,(H,46,50,52). The van der Waals surface area contributed by atoms with Crippen molar-refractivity contribution in [3.05, 3.63) is 98.7 Å². The number of hydrogen-bond donors (Lipinski definition) is 2. The number of nitrogens with zero attached hydrogens (tertiary/aromatic N) is 4. The first-order valence-corrected chi connectivity index (χ1v) is 19.1. The number of piperazine rings is 1. The first-order chi connectivity index (χ1) is 25.6. The summed E-state index contributed by atoms with van der Waals surface area (Å²) >= 11 is 0. The van der Waals surface area contributed by atoms with Crippen molar-refractivity contribution in [1.82, 2.24) is 20.1 Å². The summed E-state index contributed by atoms with van der Waals surface area (Å²) in [5, 5.41) is 12.7. The van der Waals surface area contributed by atoms with Crippen LogP contribution in [0.3, 0.4) is 0 Å². The van der Waals surface area contributed by atoms with Crippen molar-refractivity contribution < 1.29 is 19.2 Å². The number of aromatic amines is 1. The fourth-order valence-electron chi connectivity index (χ4n) is 9.08. The molecule has 3 aromatic carbocycles. The number of piperidine rings is 1. The summed E-state index contributed by atoms with van der Waals surface area (Å²) in [5.74, 6) is -0.714. The zero-order valence-corrected chi connectivity index (χ0v) is 30.8. The largest absolute Gasteiger partial charge is 0.369 e. The second kappa shape index (κ2) is 13.6. The Morgan fingerprint density at radius 2 is 1.74 bits per heavy atom. The SMILES string of the molecule is CCc1cc2c(cc1N1CCN(CCCCCc3cccc4c3CN(C3CCC(=O)NC3=O)C4=O)CC1)C(C)(C)c1[nH]c3cc(C#N)ccc3c1C2=O. The molecule has 2 N–H and O–H groups in total. The van der Waals surface area contributed by atoms with Gasteiger partial charge in [-0.2, -0.15) is 5.26 Å². The number of unbranched alkanes of at least 4 members (excludes halogenated alkanes) is 2. The average molecular weight is 711 g/mol. The molecule has 1 unspecified atom stereocenters. The van der Waals surface area contributed by atoms with Crippen LogP contribution < -0.4 is 10.2 Å². The first-order valence-electron chi connectivity index (χ1n) is 19.1. The van der Waals surface area contributed by atoms with Crippen molar-refractivity contribution in [2.75, 3.05) is 37.6 Å². The van der Waals surface area contributed by atoms with E-state index in [9.17, 15) is 24.4 Å². The van der Waals surface area contributed by atoms with E-state index in [1.807, 2.05) is 24.3 Å². The number of H-pyrrole nitrogens is 1. The third-order valence-electron chi connectivity index (χ3n) is 12.1. The van der Waals surface area contributed by atoms with E-state index in [-0.39, 0.29) is 29.9 Å². The van der Waals surface area contributed by atoms with Crippen LogP contribution in [0.5, 0.6) is 0 Å². The molecule has 1 atom stereocenters. The van der Waals surface area contributed by atoms with Crippen molar-refractivity contribution in [2.24, 2.45) is 0 Å². The van der Waals surface area contributed by atoms with Crippen molar-refractivity contribution in [3.63, 3.8) is 0 Å². The van der Waals surface area contributed by atoms with E-state index in [0.717, 1.165) is 104 Å². The van der Waals surface area contributed by atoms with Crippen LogP contribution in [0.2, 0.25) is 0 Å². The van der Waals surface area contributed by atoms with E-state index in [4.69, 9.17) is 0 Å². The predicted octanol–water partition coefficient (Wildman–Crippen LogP) is 5.77. The average Bonchev–Trinajstić information content (AvgIpc) is 3.72. The Kier molecular flexibility index (Phi) is 8.94. The second-order valence-corrected chi connectivity index (χ2v) is 15.6. The van der Waals surface area contributed by atoms with Gasteiger partial charge in [0.05, 0.1) is 17.2 Å². The molecule has 0 bridgehead atoms. The molecule has 4 aromatic rings. The van der Waals surface area contributed by atoms with E-state index in [1.165, 1.54) is 16.8 Å². The van der Waals surface area contributed by atoms with E-state index in [0.29, 0.717) is 24.1 Å². The minimum atomic E-state index is -0.591. The second-order valence-electron chi connectivity index (χ2n) is 15.6. The Hall–Kier alpha value is -5.27. The van der Waals surface area contributed by atoms with Gasteiger partial charge in [0.25, 0.3) is 5.91 Å². The van der Waals surface area contributed by atoms with E-state index in [1.54, 1.807) is 11.0 Å². The number of amides is 3. The molecule has 10 nitrogen and oxygen atoms in total.